The van der Waals surface area contributed by atoms with E-state index in [4.69, 9.17) is 15.2 Å². The van der Waals surface area contributed by atoms with Crippen LogP contribution in [0, 0.1) is 23.2 Å². The van der Waals surface area contributed by atoms with Gasteiger partial charge in [0, 0.05) is 33.2 Å². The molecule has 3 N–H and O–H groups in total. The Bertz CT molecular complexity index is 2770. The minimum Gasteiger partial charge on any atom is -0.477 e. The number of carboxylic acid groups (broad SMARTS) is 1. The van der Waals surface area contributed by atoms with Crippen molar-refractivity contribution in [1.29, 1.82) is 5.26 Å². The van der Waals surface area contributed by atoms with Gasteiger partial charge in [-0.25, -0.2) is 14.8 Å². The van der Waals surface area contributed by atoms with Crippen LogP contribution >= 0.6 is 0 Å². The molecule has 250 valence electrons. The van der Waals surface area contributed by atoms with Gasteiger partial charge in [0.15, 0.2) is 0 Å². The van der Waals surface area contributed by atoms with Crippen molar-refractivity contribution in [2.24, 2.45) is 0 Å². The number of nitrogens with zero attached hydrogens (tertiary/aromatic N) is 3. The average Bonchev–Trinajstić information content (AvgIpc) is 4.03. The molecule has 0 unspecified atom stereocenters. The van der Waals surface area contributed by atoms with E-state index in [0.29, 0.717) is 11.3 Å². The number of aromatic nitrogens is 4. The van der Waals surface area contributed by atoms with Crippen molar-refractivity contribution in [3.05, 3.63) is 167 Å². The maximum absolute atomic E-state index is 11.3. The number of hydrogen-bond acceptors (Lipinski definition) is 4. The molecule has 8 rings (SSSR count). The van der Waals surface area contributed by atoms with Gasteiger partial charge in [0.1, 0.15) is 11.6 Å². The number of aliphatic carboxylic acids is 1. The van der Waals surface area contributed by atoms with E-state index in [1.807, 2.05) is 78.9 Å². The molecule has 0 aliphatic carbocycles. The quantitative estimate of drug-likeness (QED) is 0.0722. The maximum Gasteiger partial charge on any atom is 0.346 e. The highest BCUT2D eigenvalue weighted by atomic mass is 16.4. The van der Waals surface area contributed by atoms with Gasteiger partial charge in [-0.2, -0.15) is 5.26 Å². The second-order valence-corrected chi connectivity index (χ2v) is 12.2. The highest BCUT2D eigenvalue weighted by Crippen LogP contribution is 2.36. The van der Waals surface area contributed by atoms with Crippen LogP contribution in [0.25, 0.3) is 79.8 Å². The van der Waals surface area contributed by atoms with Gasteiger partial charge in [0.2, 0.25) is 0 Å². The highest BCUT2D eigenvalue weighted by Gasteiger charge is 2.17. The van der Waals surface area contributed by atoms with E-state index in [-0.39, 0.29) is 5.57 Å². The van der Waals surface area contributed by atoms with Crippen LogP contribution in [-0.4, -0.2) is 31.0 Å². The van der Waals surface area contributed by atoms with Crippen molar-refractivity contribution >= 4 is 52.3 Å². The van der Waals surface area contributed by atoms with Crippen molar-refractivity contribution < 1.29 is 9.90 Å². The van der Waals surface area contributed by atoms with E-state index in [2.05, 4.69) is 82.5 Å². The molecule has 2 aliphatic heterocycles. The second kappa shape index (κ2) is 14.2. The lowest BCUT2D eigenvalue weighted by molar-refractivity contribution is -0.132. The third-order valence-electron chi connectivity index (χ3n) is 8.93. The molecule has 0 spiro atoms. The van der Waals surface area contributed by atoms with Gasteiger partial charge in [-0.1, -0.05) is 109 Å². The van der Waals surface area contributed by atoms with E-state index < -0.39 is 5.97 Å². The first-order chi connectivity index (χ1) is 26.1. The number of H-pyrrole nitrogens is 2. The predicted molar refractivity (Wildman–Crippen MR) is 213 cm³/mol. The third-order valence-corrected chi connectivity index (χ3v) is 8.93. The molecule has 0 atom stereocenters. The van der Waals surface area contributed by atoms with E-state index >= 15 is 0 Å². The molecule has 5 heterocycles. The van der Waals surface area contributed by atoms with E-state index in [1.54, 1.807) is 6.07 Å². The Labute approximate surface area is 305 Å². The molecule has 0 radical (unpaired) electrons. The van der Waals surface area contributed by atoms with Crippen molar-refractivity contribution in [3.63, 3.8) is 0 Å². The number of nitrogens with one attached hydrogen (secondary N) is 2. The van der Waals surface area contributed by atoms with Crippen LogP contribution in [0.15, 0.2) is 139 Å². The molecule has 0 amide bonds. The smallest absolute Gasteiger partial charge is 0.346 e. The normalized spacial score (nSPS) is 12.0. The Morgan fingerprint density at radius 1 is 0.585 bits per heavy atom. The lowest BCUT2D eigenvalue weighted by Crippen LogP contribution is -1.96. The summed E-state index contributed by atoms with van der Waals surface area (Å²) >= 11 is 0. The summed E-state index contributed by atoms with van der Waals surface area (Å²) in [6.07, 6.45) is 12.3. The van der Waals surface area contributed by atoms with Gasteiger partial charge in [0.05, 0.1) is 33.9 Å². The number of aromatic amines is 2. The molecule has 3 aromatic heterocycles. The fraction of sp³-hybridized carbons (Fsp3) is 0. The Morgan fingerprint density at radius 3 is 1.45 bits per heavy atom. The van der Waals surface area contributed by atoms with Gasteiger partial charge in [-0.15, -0.1) is 0 Å². The summed E-state index contributed by atoms with van der Waals surface area (Å²) < 4.78 is 0. The van der Waals surface area contributed by atoms with Crippen molar-refractivity contribution in [2.45, 2.75) is 0 Å². The van der Waals surface area contributed by atoms with Crippen molar-refractivity contribution in [2.75, 3.05) is 0 Å². The molecule has 0 saturated carbocycles. The summed E-state index contributed by atoms with van der Waals surface area (Å²) in [7, 11) is 0. The number of nitriles is 1. The molecule has 8 bridgehead atoms. The number of allylic oxidation sites excluding steroid dienone is 3. The Morgan fingerprint density at radius 2 is 1.00 bits per heavy atom. The van der Waals surface area contributed by atoms with E-state index in [0.717, 1.165) is 72.5 Å². The lowest BCUT2D eigenvalue weighted by Gasteiger charge is -2.06. The summed E-state index contributed by atoms with van der Waals surface area (Å²) in [6, 6.07) is 40.5. The minimum absolute atomic E-state index is 0.380. The van der Waals surface area contributed by atoms with Crippen LogP contribution < -0.4 is 0 Å². The predicted octanol–water partition coefficient (Wildman–Crippen LogP) is 10.1. The summed E-state index contributed by atoms with van der Waals surface area (Å²) in [6.45, 7) is 0. The first kappa shape index (κ1) is 32.5. The first-order valence-electron chi connectivity index (χ1n) is 16.9. The van der Waals surface area contributed by atoms with Crippen LogP contribution in [0.3, 0.4) is 0 Å². The third kappa shape index (κ3) is 6.50. The fourth-order valence-corrected chi connectivity index (χ4v) is 6.53. The van der Waals surface area contributed by atoms with Crippen molar-refractivity contribution in [3.8, 4) is 51.3 Å². The summed E-state index contributed by atoms with van der Waals surface area (Å²) in [4.78, 5) is 29.1. The summed E-state index contributed by atoms with van der Waals surface area (Å²) in [5.41, 5.74) is 12.6. The van der Waals surface area contributed by atoms with Gasteiger partial charge in [0.25, 0.3) is 0 Å². The molecule has 2 aliphatic rings. The fourth-order valence-electron chi connectivity index (χ4n) is 6.53. The Balaban J connectivity index is 1.49. The van der Waals surface area contributed by atoms with Crippen LogP contribution in [-0.2, 0) is 4.79 Å². The largest absolute Gasteiger partial charge is 0.477 e. The van der Waals surface area contributed by atoms with Crippen molar-refractivity contribution in [1.82, 2.24) is 19.9 Å². The molecular weight excluding hydrogens is 655 g/mol. The zero-order chi connectivity index (χ0) is 36.1. The van der Waals surface area contributed by atoms with Gasteiger partial charge < -0.3 is 15.1 Å². The van der Waals surface area contributed by atoms with Crippen LogP contribution in [0.4, 0.5) is 0 Å². The molecule has 6 aromatic rings. The van der Waals surface area contributed by atoms with E-state index in [1.165, 1.54) is 18.2 Å². The van der Waals surface area contributed by atoms with Gasteiger partial charge >= 0.3 is 5.97 Å². The molecule has 0 fully saturated rings. The van der Waals surface area contributed by atoms with Crippen LogP contribution in [0.2, 0.25) is 0 Å². The van der Waals surface area contributed by atoms with Gasteiger partial charge in [-0.05, 0) is 77.4 Å². The molecule has 7 heteroatoms. The summed E-state index contributed by atoms with van der Waals surface area (Å²) in [5, 5.41) is 18.3. The zero-order valence-electron chi connectivity index (χ0n) is 28.2. The van der Waals surface area contributed by atoms with Crippen LogP contribution in [0.1, 0.15) is 28.3 Å². The van der Waals surface area contributed by atoms with E-state index in [9.17, 15) is 9.90 Å². The Hall–Kier alpha value is -7.74. The number of benzene rings is 3. The molecule has 7 nitrogen and oxygen atoms in total. The molecule has 3 aromatic carbocycles. The standard InChI is InChI=1S/C46H29N5O2/c47-29-33(46(52)53)19-11-4-12-20-34-35-21-23-37(48-35)43(30-13-5-1-6-14-30)39-25-27-41(50-39)45(32-17-9-3-10-18-32)42-28-26-40(51-42)44(31-15-7-2-8-16-31)38-24-22-36(34)49-38/h1-11,13-19,21-28,48,51H,(H,52,53)/b11-4+,33-19-,35-34?,36-34?,43-37?,43-39?,44-38?,44-40?,45-41?,45-42?. The number of rotatable bonds is 5. The minimum atomic E-state index is -1.30. The lowest BCUT2D eigenvalue weighted by atomic mass is 10.0. The average molecular weight is 684 g/mol. The SMILES string of the molecule is N#C/C(=C/C=C/C#Cc1c2nc(c(-c3ccccc3)c3ccc([nH]3)c(-c3ccccc3)c3nc(c(-c4ccccc4)c4ccc1[nH]4)C=C3)C=C2)C(=O)O. The topological polar surface area (TPSA) is 118 Å². The molecular formula is C46H29N5O2. The first-order valence-corrected chi connectivity index (χ1v) is 16.9. The van der Waals surface area contributed by atoms with Crippen LogP contribution in [0.5, 0.6) is 0 Å². The number of hydrogen-bond donors (Lipinski definition) is 3. The Kier molecular flexibility index (Phi) is 8.72. The molecule has 0 saturated heterocycles. The second-order valence-electron chi connectivity index (χ2n) is 12.2. The van der Waals surface area contributed by atoms with Gasteiger partial charge in [-0.3, -0.25) is 0 Å². The maximum atomic E-state index is 11.3. The molecule has 53 heavy (non-hydrogen) atoms. The summed E-state index contributed by atoms with van der Waals surface area (Å²) in [5.74, 6) is 4.98. The number of carbonyl (C=O) groups is 1. The number of fused-ring (bicyclic) bond motifs is 8. The monoisotopic (exact) mass is 683 g/mol. The zero-order valence-corrected chi connectivity index (χ0v) is 28.2. The number of carboxylic acids is 1. The highest BCUT2D eigenvalue weighted by molar-refractivity contribution is 5.98.